The van der Waals surface area contributed by atoms with Crippen LogP contribution in [0, 0.1) is 13.8 Å². The van der Waals surface area contributed by atoms with Gasteiger partial charge < -0.3 is 15.1 Å². The lowest BCUT2D eigenvalue weighted by atomic mass is 10.1. The molecule has 0 amide bonds. The fourth-order valence-electron chi connectivity index (χ4n) is 4.47. The van der Waals surface area contributed by atoms with E-state index in [0.717, 1.165) is 33.7 Å². The van der Waals surface area contributed by atoms with Crippen molar-refractivity contribution < 1.29 is 8.42 Å². The van der Waals surface area contributed by atoms with Crippen molar-refractivity contribution in [1.82, 2.24) is 14.3 Å². The number of aromatic nitrogens is 2. The van der Waals surface area contributed by atoms with Gasteiger partial charge >= 0.3 is 0 Å². The Hall–Kier alpha value is -3.69. The minimum absolute atomic E-state index is 0.322. The van der Waals surface area contributed by atoms with Crippen molar-refractivity contribution >= 4 is 43.9 Å². The highest BCUT2D eigenvalue weighted by molar-refractivity contribution is 7.89. The van der Waals surface area contributed by atoms with E-state index in [2.05, 4.69) is 23.3 Å². The molecular weight excluding hydrogens is 484 g/mol. The lowest BCUT2D eigenvalue weighted by molar-refractivity contribution is 0.382. The predicted octanol–water partition coefficient (Wildman–Crippen LogP) is 4.57. The summed E-state index contributed by atoms with van der Waals surface area (Å²) in [5, 5.41) is 5.27. The summed E-state index contributed by atoms with van der Waals surface area (Å²) in [6.07, 6.45) is 0. The van der Waals surface area contributed by atoms with Gasteiger partial charge in [-0.05, 0) is 61.0 Å². The Morgan fingerprint density at radius 2 is 1.49 bits per heavy atom. The minimum atomic E-state index is -3.60. The van der Waals surface area contributed by atoms with Gasteiger partial charge in [-0.1, -0.05) is 29.8 Å². The molecule has 0 atom stereocenters. The molecule has 3 aromatic carbocycles. The number of fused-ring (bicyclic) bond motifs is 1. The van der Waals surface area contributed by atoms with Crippen molar-refractivity contribution in [2.75, 3.05) is 55.4 Å². The lowest BCUT2D eigenvalue weighted by Crippen LogP contribution is -2.49. The van der Waals surface area contributed by atoms with Crippen molar-refractivity contribution in [2.24, 2.45) is 0 Å². The molecule has 1 N–H and O–H groups in total. The van der Waals surface area contributed by atoms with Crippen molar-refractivity contribution in [3.63, 3.8) is 0 Å². The number of sulfonamides is 1. The number of hydrogen-bond donors (Lipinski definition) is 1. The van der Waals surface area contributed by atoms with Crippen LogP contribution in [0.4, 0.5) is 23.1 Å². The van der Waals surface area contributed by atoms with Crippen LogP contribution in [0.2, 0.25) is 0 Å². The van der Waals surface area contributed by atoms with Gasteiger partial charge in [-0.15, -0.1) is 0 Å². The predicted molar refractivity (Wildman–Crippen MR) is 150 cm³/mol. The second-order valence-corrected chi connectivity index (χ2v) is 11.6. The normalized spacial score (nSPS) is 14.6. The van der Waals surface area contributed by atoms with E-state index in [4.69, 9.17) is 4.98 Å². The zero-order valence-electron chi connectivity index (χ0n) is 21.6. The van der Waals surface area contributed by atoms with E-state index in [0.29, 0.717) is 37.0 Å². The molecular formula is C28H32N6O2S. The maximum absolute atomic E-state index is 13.4. The lowest BCUT2D eigenvalue weighted by Gasteiger charge is -2.34. The van der Waals surface area contributed by atoms with E-state index < -0.39 is 10.0 Å². The number of rotatable bonds is 6. The summed E-state index contributed by atoms with van der Waals surface area (Å²) in [5.74, 6) is 1.32. The quantitative estimate of drug-likeness (QED) is 0.402. The van der Waals surface area contributed by atoms with Crippen molar-refractivity contribution in [3.05, 3.63) is 78.0 Å². The Morgan fingerprint density at radius 1 is 0.811 bits per heavy atom. The number of aryl methyl sites for hydroxylation is 2. The Balaban J connectivity index is 1.30. The van der Waals surface area contributed by atoms with Gasteiger partial charge in [-0.25, -0.2) is 13.4 Å². The van der Waals surface area contributed by atoms with Crippen LogP contribution >= 0.6 is 0 Å². The van der Waals surface area contributed by atoms with E-state index in [1.807, 2.05) is 79.3 Å². The van der Waals surface area contributed by atoms with Crippen molar-refractivity contribution in [2.45, 2.75) is 18.7 Å². The van der Waals surface area contributed by atoms with Crippen LogP contribution in [0.5, 0.6) is 0 Å². The molecule has 1 aliphatic rings. The number of piperazine rings is 1. The summed E-state index contributed by atoms with van der Waals surface area (Å²) < 4.78 is 28.4. The molecule has 0 spiro atoms. The molecule has 8 nitrogen and oxygen atoms in total. The SMILES string of the molecule is Cc1ccc(Nc2cc(C)nc(N3CCN(S(=O)(=O)c4ccc5cc(N(C)C)ccc5c4)CC3)n2)cc1. The van der Waals surface area contributed by atoms with Crippen LogP contribution in [0.3, 0.4) is 0 Å². The first kappa shape index (κ1) is 25.0. The summed E-state index contributed by atoms with van der Waals surface area (Å²) in [6, 6.07) is 21.4. The Morgan fingerprint density at radius 3 is 2.19 bits per heavy atom. The van der Waals surface area contributed by atoms with Crippen LogP contribution in [-0.4, -0.2) is 63.0 Å². The third-order valence-electron chi connectivity index (χ3n) is 6.64. The van der Waals surface area contributed by atoms with Gasteiger partial charge in [-0.3, -0.25) is 0 Å². The molecule has 0 unspecified atom stereocenters. The van der Waals surface area contributed by atoms with Crippen LogP contribution in [0.15, 0.2) is 71.6 Å². The Labute approximate surface area is 218 Å². The molecule has 1 fully saturated rings. The topological polar surface area (TPSA) is 81.7 Å². The van der Waals surface area contributed by atoms with Crippen molar-refractivity contribution in [3.8, 4) is 0 Å². The molecule has 5 rings (SSSR count). The highest BCUT2D eigenvalue weighted by Gasteiger charge is 2.29. The minimum Gasteiger partial charge on any atom is -0.378 e. The molecule has 1 aromatic heterocycles. The highest BCUT2D eigenvalue weighted by Crippen LogP contribution is 2.27. The van der Waals surface area contributed by atoms with Gasteiger partial charge in [0.2, 0.25) is 16.0 Å². The standard InChI is InChI=1S/C28H32N6O2S/c1-20-5-9-24(10-6-20)30-27-17-21(2)29-28(31-27)33-13-15-34(16-14-33)37(35,36)26-12-8-22-18-25(32(3)4)11-7-23(22)19-26/h5-12,17-19H,13-16H2,1-4H3,(H,29,30,31). The van der Waals surface area contributed by atoms with Crippen LogP contribution in [0.25, 0.3) is 10.8 Å². The number of hydrogen-bond acceptors (Lipinski definition) is 7. The average molecular weight is 517 g/mol. The van der Waals surface area contributed by atoms with Crippen LogP contribution in [0.1, 0.15) is 11.3 Å². The number of benzene rings is 3. The second kappa shape index (κ2) is 9.99. The summed E-state index contributed by atoms with van der Waals surface area (Å²) >= 11 is 0. The maximum atomic E-state index is 13.4. The molecule has 1 aliphatic heterocycles. The zero-order valence-corrected chi connectivity index (χ0v) is 22.5. The van der Waals surface area contributed by atoms with Gasteiger partial charge in [0.25, 0.3) is 0 Å². The second-order valence-electron chi connectivity index (χ2n) is 9.66. The maximum Gasteiger partial charge on any atom is 0.243 e. The fraction of sp³-hybridized carbons (Fsp3) is 0.286. The summed E-state index contributed by atoms with van der Waals surface area (Å²) in [6.45, 7) is 5.78. The van der Waals surface area contributed by atoms with Gasteiger partial charge in [0.1, 0.15) is 5.82 Å². The summed E-state index contributed by atoms with van der Waals surface area (Å²) in [7, 11) is 0.375. The summed E-state index contributed by atoms with van der Waals surface area (Å²) in [5.41, 5.74) is 4.08. The smallest absolute Gasteiger partial charge is 0.243 e. The van der Waals surface area contributed by atoms with Crippen LogP contribution in [-0.2, 0) is 10.0 Å². The van der Waals surface area contributed by atoms with Gasteiger partial charge in [0.15, 0.2) is 0 Å². The molecule has 0 bridgehead atoms. The number of nitrogens with one attached hydrogen (secondary N) is 1. The van der Waals surface area contributed by atoms with E-state index in [9.17, 15) is 8.42 Å². The average Bonchev–Trinajstić information content (AvgIpc) is 2.89. The largest absolute Gasteiger partial charge is 0.378 e. The Kier molecular flexibility index (Phi) is 6.74. The van der Waals surface area contributed by atoms with Crippen molar-refractivity contribution in [1.29, 1.82) is 0 Å². The molecule has 0 radical (unpaired) electrons. The Bertz CT molecular complexity index is 1530. The van der Waals surface area contributed by atoms with E-state index in [1.54, 1.807) is 16.4 Å². The number of nitrogens with zero attached hydrogens (tertiary/aromatic N) is 5. The zero-order chi connectivity index (χ0) is 26.2. The van der Waals surface area contributed by atoms with Gasteiger partial charge in [0.05, 0.1) is 4.90 Å². The first-order chi connectivity index (χ1) is 17.7. The molecule has 2 heterocycles. The summed E-state index contributed by atoms with van der Waals surface area (Å²) in [4.78, 5) is 13.7. The van der Waals surface area contributed by atoms with Crippen LogP contribution < -0.4 is 15.1 Å². The first-order valence-corrected chi connectivity index (χ1v) is 13.8. The number of anilines is 4. The van der Waals surface area contributed by atoms with E-state index in [1.165, 1.54) is 5.56 Å². The van der Waals surface area contributed by atoms with Gasteiger partial charge in [-0.2, -0.15) is 9.29 Å². The molecule has 37 heavy (non-hydrogen) atoms. The monoisotopic (exact) mass is 516 g/mol. The fourth-order valence-corrected chi connectivity index (χ4v) is 5.93. The van der Waals surface area contributed by atoms with Gasteiger partial charge in [0, 0.05) is 63.4 Å². The third-order valence-corrected chi connectivity index (χ3v) is 8.53. The molecule has 4 aromatic rings. The third kappa shape index (κ3) is 5.38. The molecule has 9 heteroatoms. The van der Waals surface area contributed by atoms with E-state index in [-0.39, 0.29) is 0 Å². The molecule has 0 saturated carbocycles. The first-order valence-electron chi connectivity index (χ1n) is 12.3. The highest BCUT2D eigenvalue weighted by atomic mass is 32.2. The molecule has 192 valence electrons. The molecule has 0 aliphatic carbocycles. The van der Waals surface area contributed by atoms with E-state index >= 15 is 0 Å². The molecule has 1 saturated heterocycles.